The van der Waals surface area contributed by atoms with Gasteiger partial charge in [-0.25, -0.2) is 4.39 Å². The molecule has 0 aliphatic heterocycles. The Morgan fingerprint density at radius 3 is 2.63 bits per heavy atom. The van der Waals surface area contributed by atoms with Crippen LogP contribution in [0.25, 0.3) is 0 Å². The first-order valence-corrected chi connectivity index (χ1v) is 6.36. The second kappa shape index (κ2) is 6.73. The average Bonchev–Trinajstić information content (AvgIpc) is 2.91. The summed E-state index contributed by atoms with van der Waals surface area (Å²) >= 11 is 0. The smallest absolute Gasteiger partial charge is 0.224 e. The summed E-state index contributed by atoms with van der Waals surface area (Å²) in [7, 11) is 0. The molecule has 2 rings (SSSR count). The molecular formula is C15H17FN2O. The standard InChI is InChI=1S/C15H17FN2O/c16-14-7-2-1-6-13(14)12-15(19)17-8-5-11-18-9-3-4-10-18/h1-4,6-7,9-10H,5,8,11-12H2,(H,17,19). The summed E-state index contributed by atoms with van der Waals surface area (Å²) in [6.07, 6.45) is 4.93. The van der Waals surface area contributed by atoms with Crippen molar-refractivity contribution in [1.82, 2.24) is 9.88 Å². The second-order valence-corrected chi connectivity index (χ2v) is 4.39. The first-order valence-electron chi connectivity index (χ1n) is 6.36. The molecule has 3 nitrogen and oxygen atoms in total. The number of nitrogens with zero attached hydrogens (tertiary/aromatic N) is 1. The van der Waals surface area contributed by atoms with Crippen molar-refractivity contribution in [2.75, 3.05) is 6.54 Å². The molecule has 19 heavy (non-hydrogen) atoms. The van der Waals surface area contributed by atoms with Crippen molar-refractivity contribution in [3.8, 4) is 0 Å². The first-order chi connectivity index (χ1) is 9.25. The number of carbonyl (C=O) groups excluding carboxylic acids is 1. The third-order valence-corrected chi connectivity index (χ3v) is 2.89. The Labute approximate surface area is 112 Å². The SMILES string of the molecule is O=C(Cc1ccccc1F)NCCCn1cccc1. The minimum Gasteiger partial charge on any atom is -0.356 e. The zero-order valence-electron chi connectivity index (χ0n) is 10.7. The van der Waals surface area contributed by atoms with Crippen molar-refractivity contribution in [2.24, 2.45) is 0 Å². The van der Waals surface area contributed by atoms with E-state index in [0.29, 0.717) is 12.1 Å². The van der Waals surface area contributed by atoms with Gasteiger partial charge in [0.25, 0.3) is 0 Å². The van der Waals surface area contributed by atoms with Crippen molar-refractivity contribution in [2.45, 2.75) is 19.4 Å². The van der Waals surface area contributed by atoms with E-state index in [-0.39, 0.29) is 18.1 Å². The molecule has 1 aromatic carbocycles. The van der Waals surface area contributed by atoms with E-state index in [1.54, 1.807) is 18.2 Å². The summed E-state index contributed by atoms with van der Waals surface area (Å²) in [5, 5.41) is 2.80. The third kappa shape index (κ3) is 4.25. The number of benzene rings is 1. The molecule has 0 aliphatic rings. The van der Waals surface area contributed by atoms with E-state index in [2.05, 4.69) is 9.88 Å². The molecule has 4 heteroatoms. The molecule has 0 aliphatic carbocycles. The largest absolute Gasteiger partial charge is 0.356 e. The van der Waals surface area contributed by atoms with Crippen molar-refractivity contribution in [3.05, 3.63) is 60.2 Å². The van der Waals surface area contributed by atoms with E-state index in [4.69, 9.17) is 0 Å². The monoisotopic (exact) mass is 260 g/mol. The van der Waals surface area contributed by atoms with Crippen molar-refractivity contribution >= 4 is 5.91 Å². The minimum atomic E-state index is -0.329. The summed E-state index contributed by atoms with van der Waals surface area (Å²) in [6.45, 7) is 1.47. The molecule has 0 fully saturated rings. The summed E-state index contributed by atoms with van der Waals surface area (Å²) in [5.41, 5.74) is 0.436. The van der Waals surface area contributed by atoms with Crippen LogP contribution in [0.4, 0.5) is 4.39 Å². The predicted molar refractivity (Wildman–Crippen MR) is 72.2 cm³/mol. The van der Waals surface area contributed by atoms with Crippen molar-refractivity contribution in [1.29, 1.82) is 0 Å². The minimum absolute atomic E-state index is 0.0934. The van der Waals surface area contributed by atoms with Gasteiger partial charge in [-0.15, -0.1) is 0 Å². The van der Waals surface area contributed by atoms with E-state index < -0.39 is 0 Å². The fourth-order valence-corrected chi connectivity index (χ4v) is 1.89. The maximum atomic E-state index is 13.3. The topological polar surface area (TPSA) is 34.0 Å². The van der Waals surface area contributed by atoms with E-state index in [9.17, 15) is 9.18 Å². The fourth-order valence-electron chi connectivity index (χ4n) is 1.89. The van der Waals surface area contributed by atoms with Crippen LogP contribution in [0.15, 0.2) is 48.8 Å². The summed E-state index contributed by atoms with van der Waals surface area (Å²) in [6, 6.07) is 10.3. The molecule has 0 atom stereocenters. The number of aryl methyl sites for hydroxylation is 1. The molecule has 0 saturated heterocycles. The molecule has 1 heterocycles. The van der Waals surface area contributed by atoms with Gasteiger partial charge in [-0.05, 0) is 30.2 Å². The summed E-state index contributed by atoms with van der Waals surface area (Å²) < 4.78 is 15.4. The molecular weight excluding hydrogens is 243 g/mol. The number of hydrogen-bond donors (Lipinski definition) is 1. The Balaban J connectivity index is 1.69. The third-order valence-electron chi connectivity index (χ3n) is 2.89. The average molecular weight is 260 g/mol. The van der Waals surface area contributed by atoms with Crippen LogP contribution in [0.5, 0.6) is 0 Å². The van der Waals surface area contributed by atoms with Gasteiger partial charge < -0.3 is 9.88 Å². The lowest BCUT2D eigenvalue weighted by molar-refractivity contribution is -0.120. The number of hydrogen-bond acceptors (Lipinski definition) is 1. The number of halogens is 1. The Morgan fingerprint density at radius 2 is 1.89 bits per heavy atom. The fraction of sp³-hybridized carbons (Fsp3) is 0.267. The highest BCUT2D eigenvalue weighted by Gasteiger charge is 2.06. The van der Waals surface area contributed by atoms with Gasteiger partial charge in [0.05, 0.1) is 6.42 Å². The molecule has 0 unspecified atom stereocenters. The van der Waals surface area contributed by atoms with Gasteiger partial charge in [0.1, 0.15) is 5.82 Å². The Morgan fingerprint density at radius 1 is 1.16 bits per heavy atom. The van der Waals surface area contributed by atoms with Gasteiger partial charge in [-0.1, -0.05) is 18.2 Å². The maximum absolute atomic E-state index is 13.3. The van der Waals surface area contributed by atoms with Crippen LogP contribution in [-0.2, 0) is 17.8 Å². The maximum Gasteiger partial charge on any atom is 0.224 e. The highest BCUT2D eigenvalue weighted by Crippen LogP contribution is 2.06. The Hall–Kier alpha value is -2.10. The van der Waals surface area contributed by atoms with Gasteiger partial charge in [0.15, 0.2) is 0 Å². The number of rotatable bonds is 6. The van der Waals surface area contributed by atoms with Crippen LogP contribution < -0.4 is 5.32 Å². The Kier molecular flexibility index (Phi) is 4.72. The van der Waals surface area contributed by atoms with E-state index >= 15 is 0 Å². The number of aromatic nitrogens is 1. The number of nitrogens with one attached hydrogen (secondary N) is 1. The van der Waals surface area contributed by atoms with Crippen molar-refractivity contribution < 1.29 is 9.18 Å². The van der Waals surface area contributed by atoms with Gasteiger partial charge in [0.2, 0.25) is 5.91 Å². The highest BCUT2D eigenvalue weighted by molar-refractivity contribution is 5.78. The van der Waals surface area contributed by atoms with E-state index in [0.717, 1.165) is 13.0 Å². The predicted octanol–water partition coefficient (Wildman–Crippen LogP) is 2.38. The Bertz CT molecular complexity index is 523. The molecule has 0 spiro atoms. The molecule has 100 valence electrons. The number of amides is 1. The summed E-state index contributed by atoms with van der Waals surface area (Å²) in [4.78, 5) is 11.6. The van der Waals surface area contributed by atoms with Gasteiger partial charge >= 0.3 is 0 Å². The number of carbonyl (C=O) groups is 1. The summed E-state index contributed by atoms with van der Waals surface area (Å²) in [5.74, 6) is -0.470. The van der Waals surface area contributed by atoms with Gasteiger partial charge in [0, 0.05) is 25.5 Å². The molecule has 0 bridgehead atoms. The van der Waals surface area contributed by atoms with Crippen LogP contribution in [0.3, 0.4) is 0 Å². The lowest BCUT2D eigenvalue weighted by atomic mass is 10.1. The highest BCUT2D eigenvalue weighted by atomic mass is 19.1. The molecule has 0 radical (unpaired) electrons. The van der Waals surface area contributed by atoms with Crippen LogP contribution in [-0.4, -0.2) is 17.0 Å². The molecule has 0 saturated carbocycles. The van der Waals surface area contributed by atoms with Crippen LogP contribution in [0, 0.1) is 5.82 Å². The van der Waals surface area contributed by atoms with Gasteiger partial charge in [-0.2, -0.15) is 0 Å². The quantitative estimate of drug-likeness (QED) is 0.795. The zero-order valence-corrected chi connectivity index (χ0v) is 10.7. The molecule has 1 aromatic heterocycles. The van der Waals surface area contributed by atoms with Crippen LogP contribution >= 0.6 is 0 Å². The van der Waals surface area contributed by atoms with E-state index in [1.807, 2.05) is 24.5 Å². The van der Waals surface area contributed by atoms with Gasteiger partial charge in [-0.3, -0.25) is 4.79 Å². The molecule has 1 N–H and O–H groups in total. The normalized spacial score (nSPS) is 10.4. The lowest BCUT2D eigenvalue weighted by Gasteiger charge is -2.06. The zero-order chi connectivity index (χ0) is 13.5. The molecule has 1 amide bonds. The van der Waals surface area contributed by atoms with Crippen LogP contribution in [0.2, 0.25) is 0 Å². The van der Waals surface area contributed by atoms with Crippen molar-refractivity contribution in [3.63, 3.8) is 0 Å². The van der Waals surface area contributed by atoms with E-state index in [1.165, 1.54) is 6.07 Å². The second-order valence-electron chi connectivity index (χ2n) is 4.39. The molecule has 2 aromatic rings. The van der Waals surface area contributed by atoms with Crippen LogP contribution in [0.1, 0.15) is 12.0 Å². The lowest BCUT2D eigenvalue weighted by Crippen LogP contribution is -2.27. The first kappa shape index (κ1) is 13.3.